The van der Waals surface area contributed by atoms with Crippen LogP contribution >= 0.6 is 11.3 Å². The molecule has 0 spiro atoms. The monoisotopic (exact) mass is 404 g/mol. The third-order valence-corrected chi connectivity index (χ3v) is 5.43. The summed E-state index contributed by atoms with van der Waals surface area (Å²) in [5, 5.41) is 10.8. The largest absolute Gasteiger partial charge is 0.454 e. The zero-order valence-electron chi connectivity index (χ0n) is 16.2. The second-order valence-electron chi connectivity index (χ2n) is 6.55. The van der Waals surface area contributed by atoms with Crippen molar-refractivity contribution in [3.8, 4) is 6.07 Å². The van der Waals surface area contributed by atoms with Gasteiger partial charge in [0.15, 0.2) is 6.61 Å². The van der Waals surface area contributed by atoms with Crippen molar-refractivity contribution in [1.29, 1.82) is 5.26 Å². The summed E-state index contributed by atoms with van der Waals surface area (Å²) in [6, 6.07) is 14.7. The molecule has 2 heterocycles. The van der Waals surface area contributed by atoms with Gasteiger partial charge in [0.1, 0.15) is 0 Å². The molecule has 0 aliphatic rings. The van der Waals surface area contributed by atoms with Crippen LogP contribution in [0.5, 0.6) is 0 Å². The first kappa shape index (κ1) is 20.3. The number of ether oxygens (including phenoxy) is 1. The average molecular weight is 404 g/mol. The van der Waals surface area contributed by atoms with Crippen LogP contribution in [0, 0.1) is 25.2 Å². The fourth-order valence-electron chi connectivity index (χ4n) is 2.98. The second-order valence-corrected chi connectivity index (χ2v) is 7.58. The van der Waals surface area contributed by atoms with Gasteiger partial charge in [-0.1, -0.05) is 18.2 Å². The van der Waals surface area contributed by atoms with Gasteiger partial charge in [0.2, 0.25) is 5.78 Å². The van der Waals surface area contributed by atoms with Gasteiger partial charge in [-0.05, 0) is 55.1 Å². The molecule has 0 N–H and O–H groups in total. The van der Waals surface area contributed by atoms with Crippen molar-refractivity contribution in [3.63, 3.8) is 0 Å². The Morgan fingerprint density at radius 1 is 1.21 bits per heavy atom. The molecule has 0 atom stereocenters. The van der Waals surface area contributed by atoms with E-state index in [9.17, 15) is 9.59 Å². The van der Waals surface area contributed by atoms with Gasteiger partial charge in [-0.25, -0.2) is 4.79 Å². The van der Waals surface area contributed by atoms with Crippen LogP contribution in [0.1, 0.15) is 37.7 Å². The Bertz CT molecular complexity index is 1080. The molecule has 2 aromatic heterocycles. The Labute approximate surface area is 173 Å². The lowest BCUT2D eigenvalue weighted by atomic mass is 10.1. The van der Waals surface area contributed by atoms with Gasteiger partial charge in [0, 0.05) is 27.9 Å². The molecule has 0 aliphatic carbocycles. The Hall–Kier alpha value is -3.43. The summed E-state index contributed by atoms with van der Waals surface area (Å²) >= 11 is 1.67. The van der Waals surface area contributed by atoms with Crippen LogP contribution in [0.15, 0.2) is 53.9 Å². The van der Waals surface area contributed by atoms with Gasteiger partial charge in [0.25, 0.3) is 0 Å². The molecule has 3 rings (SSSR count). The van der Waals surface area contributed by atoms with Crippen LogP contribution in [0.25, 0.3) is 6.08 Å². The molecule has 5 nitrogen and oxygen atoms in total. The van der Waals surface area contributed by atoms with E-state index in [-0.39, 0.29) is 12.4 Å². The van der Waals surface area contributed by atoms with Crippen molar-refractivity contribution in [3.05, 3.63) is 86.9 Å². The van der Waals surface area contributed by atoms with Crippen LogP contribution in [0.4, 0.5) is 0 Å². The van der Waals surface area contributed by atoms with Crippen molar-refractivity contribution < 1.29 is 14.3 Å². The maximum Gasteiger partial charge on any atom is 0.331 e. The van der Waals surface area contributed by atoms with Crippen LogP contribution in [0.3, 0.4) is 0 Å². The third-order valence-electron chi connectivity index (χ3n) is 4.57. The second kappa shape index (κ2) is 9.18. The molecule has 29 heavy (non-hydrogen) atoms. The summed E-state index contributed by atoms with van der Waals surface area (Å²) < 4.78 is 7.19. The number of nitrogens with zero attached hydrogens (tertiary/aromatic N) is 2. The average Bonchev–Trinajstić information content (AvgIpc) is 3.34. The molecule has 0 saturated carbocycles. The third kappa shape index (κ3) is 5.09. The quantitative estimate of drug-likeness (QED) is 0.330. The van der Waals surface area contributed by atoms with Gasteiger partial charge >= 0.3 is 5.97 Å². The number of benzene rings is 1. The van der Waals surface area contributed by atoms with Crippen LogP contribution in [-0.2, 0) is 16.1 Å². The first-order valence-electron chi connectivity index (χ1n) is 9.05. The van der Waals surface area contributed by atoms with Crippen LogP contribution in [0.2, 0.25) is 0 Å². The van der Waals surface area contributed by atoms with E-state index in [0.717, 1.165) is 23.5 Å². The molecule has 0 fully saturated rings. The van der Waals surface area contributed by atoms with E-state index in [1.54, 1.807) is 41.7 Å². The highest BCUT2D eigenvalue weighted by atomic mass is 32.1. The summed E-state index contributed by atoms with van der Waals surface area (Å²) in [5.41, 5.74) is 3.75. The molecule has 0 bridgehead atoms. The zero-order chi connectivity index (χ0) is 20.8. The SMILES string of the molecule is Cc1cc(C(=O)COC(=O)/C=C/c2ccc(C#N)cc2)c(C)n1Cc1cccs1. The molecule has 0 saturated heterocycles. The minimum absolute atomic E-state index is 0.226. The van der Waals surface area contributed by atoms with E-state index in [1.165, 1.54) is 11.0 Å². The predicted molar refractivity (Wildman–Crippen MR) is 113 cm³/mol. The lowest BCUT2D eigenvalue weighted by molar-refractivity contribution is -0.136. The summed E-state index contributed by atoms with van der Waals surface area (Å²) in [7, 11) is 0. The van der Waals surface area contributed by atoms with Gasteiger partial charge in [-0.2, -0.15) is 5.26 Å². The number of nitriles is 1. The fourth-order valence-corrected chi connectivity index (χ4v) is 3.67. The molecule has 0 radical (unpaired) electrons. The van der Waals surface area contributed by atoms with E-state index < -0.39 is 5.97 Å². The number of Topliss-reactive ketones (excluding diaryl/α,β-unsaturated/α-hetero) is 1. The van der Waals surface area contributed by atoms with Gasteiger partial charge < -0.3 is 9.30 Å². The maximum absolute atomic E-state index is 12.5. The molecule has 0 aliphatic heterocycles. The highest BCUT2D eigenvalue weighted by Gasteiger charge is 2.17. The van der Waals surface area contributed by atoms with E-state index in [4.69, 9.17) is 10.00 Å². The van der Waals surface area contributed by atoms with Gasteiger partial charge in [0.05, 0.1) is 18.2 Å². The number of carbonyl (C=O) groups excluding carboxylic acids is 2. The van der Waals surface area contributed by atoms with Crippen molar-refractivity contribution in [2.75, 3.05) is 6.61 Å². The number of aryl methyl sites for hydroxylation is 1. The van der Waals surface area contributed by atoms with Crippen molar-refractivity contribution >= 4 is 29.2 Å². The predicted octanol–water partition coefficient (Wildman–Crippen LogP) is 4.53. The topological polar surface area (TPSA) is 72.1 Å². The molecular formula is C23H20N2O3S. The van der Waals surface area contributed by atoms with E-state index >= 15 is 0 Å². The van der Waals surface area contributed by atoms with Crippen molar-refractivity contribution in [2.24, 2.45) is 0 Å². The Balaban J connectivity index is 1.59. The van der Waals surface area contributed by atoms with Gasteiger partial charge in [-0.15, -0.1) is 11.3 Å². The minimum atomic E-state index is -0.588. The normalized spacial score (nSPS) is 10.8. The number of aromatic nitrogens is 1. The van der Waals surface area contributed by atoms with E-state index in [0.29, 0.717) is 11.1 Å². The number of hydrogen-bond acceptors (Lipinski definition) is 5. The maximum atomic E-state index is 12.5. The first-order valence-corrected chi connectivity index (χ1v) is 9.93. The Morgan fingerprint density at radius 2 is 1.97 bits per heavy atom. The highest BCUT2D eigenvalue weighted by molar-refractivity contribution is 7.09. The molecule has 0 unspecified atom stereocenters. The number of hydrogen-bond donors (Lipinski definition) is 0. The van der Waals surface area contributed by atoms with Crippen LogP contribution in [-0.4, -0.2) is 22.9 Å². The highest BCUT2D eigenvalue weighted by Crippen LogP contribution is 2.20. The zero-order valence-corrected chi connectivity index (χ0v) is 17.0. The van der Waals surface area contributed by atoms with Crippen LogP contribution < -0.4 is 0 Å². The van der Waals surface area contributed by atoms with E-state index in [1.807, 2.05) is 37.4 Å². The fraction of sp³-hybridized carbons (Fsp3) is 0.174. The molecule has 3 aromatic rings. The summed E-state index contributed by atoms with van der Waals surface area (Å²) in [4.78, 5) is 25.7. The molecular weight excluding hydrogens is 384 g/mol. The number of rotatable bonds is 7. The first-order chi connectivity index (χ1) is 14.0. The standard InChI is InChI=1S/C23H20N2O3S/c1-16-12-21(17(2)25(16)14-20-4-3-11-29-20)22(26)15-28-23(27)10-9-18-5-7-19(13-24)8-6-18/h3-12H,14-15H2,1-2H3/b10-9+. The number of esters is 1. The minimum Gasteiger partial charge on any atom is -0.454 e. The summed E-state index contributed by atoms with van der Waals surface area (Å²) in [5.74, 6) is -0.814. The number of thiophene rings is 1. The van der Waals surface area contributed by atoms with E-state index in [2.05, 4.69) is 10.6 Å². The summed E-state index contributed by atoms with van der Waals surface area (Å²) in [6.45, 7) is 4.28. The number of ketones is 1. The molecule has 6 heteroatoms. The van der Waals surface area contributed by atoms with Crippen molar-refractivity contribution in [2.45, 2.75) is 20.4 Å². The summed E-state index contributed by atoms with van der Waals surface area (Å²) in [6.07, 6.45) is 2.86. The smallest absolute Gasteiger partial charge is 0.331 e. The molecule has 0 amide bonds. The molecule has 1 aromatic carbocycles. The number of carbonyl (C=O) groups is 2. The lowest BCUT2D eigenvalue weighted by Crippen LogP contribution is -2.13. The Morgan fingerprint density at radius 3 is 2.62 bits per heavy atom. The Kier molecular flexibility index (Phi) is 6.43. The lowest BCUT2D eigenvalue weighted by Gasteiger charge is -2.08. The van der Waals surface area contributed by atoms with Gasteiger partial charge in [-0.3, -0.25) is 4.79 Å². The molecule has 146 valence electrons. The van der Waals surface area contributed by atoms with Crippen molar-refractivity contribution in [1.82, 2.24) is 4.57 Å².